The molecule has 11 heteroatoms. The SMILES string of the molecule is Cc1nc(Cl)sc1S(=O)(=O)Nc1ccc(O)cc1[N+](=O)[O-]. The predicted molar refractivity (Wildman–Crippen MR) is 77.4 cm³/mol. The lowest BCUT2D eigenvalue weighted by molar-refractivity contribution is -0.384. The van der Waals surface area contributed by atoms with Crippen LogP contribution in [0, 0.1) is 17.0 Å². The van der Waals surface area contributed by atoms with Crippen molar-refractivity contribution in [2.45, 2.75) is 11.1 Å². The van der Waals surface area contributed by atoms with Crippen LogP contribution in [-0.2, 0) is 10.0 Å². The number of nitrogens with one attached hydrogen (secondary N) is 1. The van der Waals surface area contributed by atoms with Crippen LogP contribution in [0.5, 0.6) is 5.75 Å². The van der Waals surface area contributed by atoms with Crippen molar-refractivity contribution in [3.8, 4) is 5.75 Å². The number of aryl methyl sites for hydroxylation is 1. The lowest BCUT2D eigenvalue weighted by Gasteiger charge is -2.07. The Labute approximate surface area is 128 Å². The Morgan fingerprint density at radius 3 is 2.67 bits per heavy atom. The second-order valence-electron chi connectivity index (χ2n) is 3.90. The molecule has 8 nitrogen and oxygen atoms in total. The summed E-state index contributed by atoms with van der Waals surface area (Å²) in [6.45, 7) is 1.46. The summed E-state index contributed by atoms with van der Waals surface area (Å²) in [6.07, 6.45) is 0. The van der Waals surface area contributed by atoms with Crippen LogP contribution in [0.15, 0.2) is 22.4 Å². The Morgan fingerprint density at radius 2 is 2.14 bits per heavy atom. The first-order valence-electron chi connectivity index (χ1n) is 5.34. The molecule has 1 heterocycles. The summed E-state index contributed by atoms with van der Waals surface area (Å²) in [5, 5.41) is 20.1. The number of aromatic hydroxyl groups is 1. The number of aromatic nitrogens is 1. The van der Waals surface area contributed by atoms with Crippen molar-refractivity contribution in [2.24, 2.45) is 0 Å². The maximum absolute atomic E-state index is 12.2. The first kappa shape index (κ1) is 15.5. The minimum atomic E-state index is -4.06. The van der Waals surface area contributed by atoms with Crippen LogP contribution >= 0.6 is 22.9 Å². The molecule has 0 aliphatic carbocycles. The molecular formula is C10H8ClN3O5S2. The number of anilines is 1. The lowest BCUT2D eigenvalue weighted by Crippen LogP contribution is -2.13. The lowest BCUT2D eigenvalue weighted by atomic mass is 10.2. The zero-order chi connectivity index (χ0) is 15.8. The van der Waals surface area contributed by atoms with Gasteiger partial charge in [0, 0.05) is 0 Å². The first-order valence-corrected chi connectivity index (χ1v) is 8.01. The molecule has 2 aromatic rings. The Hall–Kier alpha value is -1.91. The van der Waals surface area contributed by atoms with Gasteiger partial charge in [0.1, 0.15) is 11.4 Å². The van der Waals surface area contributed by atoms with Crippen LogP contribution in [-0.4, -0.2) is 23.4 Å². The molecule has 21 heavy (non-hydrogen) atoms. The summed E-state index contributed by atoms with van der Waals surface area (Å²) in [4.78, 5) is 13.9. The Bertz CT molecular complexity index is 818. The van der Waals surface area contributed by atoms with Gasteiger partial charge in [0.25, 0.3) is 15.7 Å². The van der Waals surface area contributed by atoms with Gasteiger partial charge in [-0.25, -0.2) is 13.4 Å². The molecule has 0 saturated carbocycles. The third-order valence-corrected chi connectivity index (χ3v) is 5.63. The van der Waals surface area contributed by atoms with Gasteiger partial charge in [-0.05, 0) is 19.1 Å². The summed E-state index contributed by atoms with van der Waals surface area (Å²) >= 11 is 6.39. The van der Waals surface area contributed by atoms with Crippen molar-refractivity contribution < 1.29 is 18.4 Å². The van der Waals surface area contributed by atoms with E-state index in [1.165, 1.54) is 6.92 Å². The van der Waals surface area contributed by atoms with Crippen molar-refractivity contribution in [1.29, 1.82) is 0 Å². The maximum Gasteiger partial charge on any atom is 0.297 e. The van der Waals surface area contributed by atoms with Gasteiger partial charge in [0.15, 0.2) is 8.68 Å². The molecule has 0 atom stereocenters. The Morgan fingerprint density at radius 1 is 1.48 bits per heavy atom. The van der Waals surface area contributed by atoms with Gasteiger partial charge in [0.2, 0.25) is 0 Å². The standard InChI is InChI=1S/C10H8ClN3O5S2/c1-5-9(20-10(11)12-5)21(18,19)13-7-3-2-6(15)4-8(7)14(16)17/h2-4,13,15H,1H3. The molecule has 0 radical (unpaired) electrons. The molecule has 2 N–H and O–H groups in total. The van der Waals surface area contributed by atoms with Gasteiger partial charge in [-0.15, -0.1) is 0 Å². The highest BCUT2D eigenvalue weighted by Gasteiger charge is 2.25. The van der Waals surface area contributed by atoms with E-state index in [9.17, 15) is 23.6 Å². The third-order valence-electron chi connectivity index (χ3n) is 2.39. The average Bonchev–Trinajstić information content (AvgIpc) is 2.71. The number of nitro groups is 1. The van der Waals surface area contributed by atoms with E-state index in [4.69, 9.17) is 11.6 Å². The topological polar surface area (TPSA) is 122 Å². The normalized spacial score (nSPS) is 11.3. The van der Waals surface area contributed by atoms with Gasteiger partial charge in [0.05, 0.1) is 16.7 Å². The number of halogens is 1. The number of benzene rings is 1. The number of hydrogen-bond donors (Lipinski definition) is 2. The molecule has 0 aliphatic heterocycles. The highest BCUT2D eigenvalue weighted by Crippen LogP contribution is 2.33. The summed E-state index contributed by atoms with van der Waals surface area (Å²) in [7, 11) is -4.06. The van der Waals surface area contributed by atoms with E-state index in [-0.39, 0.29) is 25.8 Å². The van der Waals surface area contributed by atoms with Crippen LogP contribution in [0.3, 0.4) is 0 Å². The first-order chi connectivity index (χ1) is 9.70. The summed E-state index contributed by atoms with van der Waals surface area (Å²) < 4.78 is 26.4. The summed E-state index contributed by atoms with van der Waals surface area (Å²) in [6, 6.07) is 3.09. The van der Waals surface area contributed by atoms with E-state index in [0.29, 0.717) is 0 Å². The minimum absolute atomic E-state index is 0.0491. The molecular weight excluding hydrogens is 342 g/mol. The maximum atomic E-state index is 12.2. The second kappa shape index (κ2) is 5.47. The zero-order valence-electron chi connectivity index (χ0n) is 10.4. The van der Waals surface area contributed by atoms with Crippen molar-refractivity contribution >= 4 is 44.3 Å². The van der Waals surface area contributed by atoms with E-state index in [2.05, 4.69) is 9.71 Å². The molecule has 112 valence electrons. The summed E-state index contributed by atoms with van der Waals surface area (Å²) in [5.41, 5.74) is -0.632. The smallest absolute Gasteiger partial charge is 0.297 e. The third kappa shape index (κ3) is 3.23. The van der Waals surface area contributed by atoms with Crippen LogP contribution in [0.1, 0.15) is 5.69 Å². The van der Waals surface area contributed by atoms with Crippen molar-refractivity contribution in [2.75, 3.05) is 4.72 Å². The average molecular weight is 350 g/mol. The second-order valence-corrected chi connectivity index (χ2v) is 7.36. The number of phenols is 1. The minimum Gasteiger partial charge on any atom is -0.508 e. The van der Waals surface area contributed by atoms with Crippen LogP contribution < -0.4 is 4.72 Å². The van der Waals surface area contributed by atoms with E-state index in [0.717, 1.165) is 29.5 Å². The fourth-order valence-corrected chi connectivity index (χ4v) is 4.36. The highest BCUT2D eigenvalue weighted by atomic mass is 35.5. The number of hydrogen-bond acceptors (Lipinski definition) is 7. The van der Waals surface area contributed by atoms with Gasteiger partial charge < -0.3 is 5.11 Å². The molecule has 0 unspecified atom stereocenters. The van der Waals surface area contributed by atoms with Gasteiger partial charge in [-0.2, -0.15) is 0 Å². The number of nitrogens with zero attached hydrogens (tertiary/aromatic N) is 2. The molecule has 1 aromatic heterocycles. The quantitative estimate of drug-likeness (QED) is 0.496. The fraction of sp³-hybridized carbons (Fsp3) is 0.100. The van der Waals surface area contributed by atoms with Crippen molar-refractivity contribution in [1.82, 2.24) is 4.98 Å². The molecule has 2 rings (SSSR count). The van der Waals surface area contributed by atoms with Gasteiger partial charge in [-0.1, -0.05) is 22.9 Å². The number of sulfonamides is 1. The van der Waals surface area contributed by atoms with Gasteiger partial charge >= 0.3 is 0 Å². The monoisotopic (exact) mass is 349 g/mol. The van der Waals surface area contributed by atoms with Crippen molar-refractivity contribution in [3.63, 3.8) is 0 Å². The Kier molecular flexibility index (Phi) is 4.03. The molecule has 1 aromatic carbocycles. The van der Waals surface area contributed by atoms with E-state index in [1.54, 1.807) is 0 Å². The zero-order valence-corrected chi connectivity index (χ0v) is 12.8. The fourth-order valence-electron chi connectivity index (χ4n) is 1.55. The predicted octanol–water partition coefficient (Wildman–Crippen LogP) is 2.52. The molecule has 0 spiro atoms. The van der Waals surface area contributed by atoms with Gasteiger partial charge in [-0.3, -0.25) is 14.8 Å². The van der Waals surface area contributed by atoms with Crippen LogP contribution in [0.4, 0.5) is 11.4 Å². The number of nitro benzene ring substituents is 1. The van der Waals surface area contributed by atoms with Crippen LogP contribution in [0.25, 0.3) is 0 Å². The van der Waals surface area contributed by atoms with E-state index in [1.807, 2.05) is 0 Å². The molecule has 0 amide bonds. The molecule has 0 aliphatic rings. The Balaban J connectivity index is 2.47. The van der Waals surface area contributed by atoms with Crippen LogP contribution in [0.2, 0.25) is 4.47 Å². The van der Waals surface area contributed by atoms with E-state index >= 15 is 0 Å². The highest BCUT2D eigenvalue weighted by molar-refractivity contribution is 7.94. The van der Waals surface area contributed by atoms with Crippen molar-refractivity contribution in [3.05, 3.63) is 38.5 Å². The number of thiazole rings is 1. The largest absolute Gasteiger partial charge is 0.508 e. The number of rotatable bonds is 4. The molecule has 0 fully saturated rings. The summed E-state index contributed by atoms with van der Waals surface area (Å²) in [5.74, 6) is -0.346. The molecule has 0 bridgehead atoms. The van der Waals surface area contributed by atoms with E-state index < -0.39 is 20.6 Å². The molecule has 0 saturated heterocycles. The number of phenolic OH excluding ortho intramolecular Hbond substituents is 1.